The highest BCUT2D eigenvalue weighted by atomic mass is 32.2. The van der Waals surface area contributed by atoms with Crippen LogP contribution in [0.2, 0.25) is 0 Å². The van der Waals surface area contributed by atoms with Gasteiger partial charge in [-0.3, -0.25) is 0 Å². The van der Waals surface area contributed by atoms with E-state index in [9.17, 15) is 8.42 Å². The van der Waals surface area contributed by atoms with E-state index in [1.165, 1.54) is 32.1 Å². The van der Waals surface area contributed by atoms with Crippen molar-refractivity contribution < 1.29 is 13.2 Å². The highest BCUT2D eigenvalue weighted by Crippen LogP contribution is 2.23. The van der Waals surface area contributed by atoms with Crippen molar-refractivity contribution in [2.45, 2.75) is 62.2 Å². The van der Waals surface area contributed by atoms with Gasteiger partial charge in [0.05, 0.1) is 16.4 Å². The second-order valence-electron chi connectivity index (χ2n) is 6.40. The van der Waals surface area contributed by atoms with E-state index in [0.29, 0.717) is 16.4 Å². The van der Waals surface area contributed by atoms with Crippen LogP contribution in [0.5, 0.6) is 5.75 Å². The first-order chi connectivity index (χ1) is 12.0. The minimum Gasteiger partial charge on any atom is -0.494 e. The van der Waals surface area contributed by atoms with Gasteiger partial charge < -0.3 is 4.74 Å². The maximum atomic E-state index is 12.6. The van der Waals surface area contributed by atoms with Gasteiger partial charge in [-0.05, 0) is 49.7 Å². The van der Waals surface area contributed by atoms with Crippen LogP contribution in [0.25, 0.3) is 0 Å². The lowest BCUT2D eigenvalue weighted by Gasteiger charge is -2.08. The maximum Gasteiger partial charge on any atom is 0.206 e. The molecule has 0 radical (unpaired) electrons. The summed E-state index contributed by atoms with van der Waals surface area (Å²) in [7, 11) is -3.47. The Kier molecular flexibility index (Phi) is 7.51. The zero-order valence-electron chi connectivity index (χ0n) is 15.2. The van der Waals surface area contributed by atoms with Crippen molar-refractivity contribution >= 4 is 9.84 Å². The summed E-state index contributed by atoms with van der Waals surface area (Å²) in [5.74, 6) is 0.719. The number of ether oxygens (including phenoxy) is 1. The molecule has 0 unspecified atom stereocenters. The molecule has 2 aromatic carbocycles. The Labute approximate surface area is 152 Å². The number of hydrogen-bond donors (Lipinski definition) is 0. The van der Waals surface area contributed by atoms with Crippen molar-refractivity contribution in [3.05, 3.63) is 54.1 Å². The monoisotopic (exact) mass is 360 g/mol. The number of benzene rings is 2. The van der Waals surface area contributed by atoms with Gasteiger partial charge >= 0.3 is 0 Å². The summed E-state index contributed by atoms with van der Waals surface area (Å²) >= 11 is 0. The van der Waals surface area contributed by atoms with Crippen LogP contribution in [0.15, 0.2) is 58.3 Å². The Balaban J connectivity index is 1.88. The van der Waals surface area contributed by atoms with E-state index in [1.54, 1.807) is 36.4 Å². The summed E-state index contributed by atoms with van der Waals surface area (Å²) < 4.78 is 30.9. The van der Waals surface area contributed by atoms with Crippen molar-refractivity contribution in [2.24, 2.45) is 0 Å². The molecule has 0 fully saturated rings. The van der Waals surface area contributed by atoms with E-state index >= 15 is 0 Å². The number of unbranched alkanes of at least 4 members (excludes halogenated alkanes) is 5. The maximum absolute atomic E-state index is 12.6. The lowest BCUT2D eigenvalue weighted by atomic mass is 10.1. The summed E-state index contributed by atoms with van der Waals surface area (Å²) in [6, 6.07) is 13.6. The topological polar surface area (TPSA) is 43.4 Å². The van der Waals surface area contributed by atoms with Crippen LogP contribution in [-0.2, 0) is 9.84 Å². The third-order valence-corrected chi connectivity index (χ3v) is 6.02. The Hall–Kier alpha value is -1.81. The van der Waals surface area contributed by atoms with Crippen LogP contribution < -0.4 is 4.74 Å². The molecule has 3 nitrogen and oxygen atoms in total. The van der Waals surface area contributed by atoms with Crippen LogP contribution in [-0.4, -0.2) is 15.0 Å². The molecular formula is C21H28O3S. The van der Waals surface area contributed by atoms with Crippen molar-refractivity contribution in [3.63, 3.8) is 0 Å². The molecule has 0 bridgehead atoms. The highest BCUT2D eigenvalue weighted by molar-refractivity contribution is 7.91. The Morgan fingerprint density at radius 3 is 1.88 bits per heavy atom. The smallest absolute Gasteiger partial charge is 0.206 e. The van der Waals surface area contributed by atoms with E-state index in [1.807, 2.05) is 19.1 Å². The lowest BCUT2D eigenvalue weighted by molar-refractivity contribution is 0.304. The number of rotatable bonds is 10. The van der Waals surface area contributed by atoms with Gasteiger partial charge in [0.15, 0.2) is 0 Å². The minimum atomic E-state index is -3.47. The number of aryl methyl sites for hydroxylation is 1. The normalized spacial score (nSPS) is 11.4. The molecule has 25 heavy (non-hydrogen) atoms. The second-order valence-corrected chi connectivity index (χ2v) is 8.35. The molecule has 0 N–H and O–H groups in total. The zero-order valence-corrected chi connectivity index (χ0v) is 16.0. The van der Waals surface area contributed by atoms with Gasteiger partial charge in [-0.15, -0.1) is 0 Å². The average molecular weight is 361 g/mol. The Bertz CT molecular complexity index is 732. The van der Waals surface area contributed by atoms with Crippen molar-refractivity contribution in [3.8, 4) is 5.75 Å². The molecule has 0 heterocycles. The van der Waals surface area contributed by atoms with E-state index in [0.717, 1.165) is 17.7 Å². The summed E-state index contributed by atoms with van der Waals surface area (Å²) in [6.07, 6.45) is 7.33. The van der Waals surface area contributed by atoms with Crippen molar-refractivity contribution in [1.29, 1.82) is 0 Å². The van der Waals surface area contributed by atoms with Crippen LogP contribution in [0.1, 0.15) is 51.0 Å². The standard InChI is InChI=1S/C21H28O3S/c1-3-4-5-6-7-8-17-24-19-11-15-21(16-12-19)25(22,23)20-13-9-18(2)10-14-20/h9-16H,3-8,17H2,1-2H3. The summed E-state index contributed by atoms with van der Waals surface area (Å²) in [6.45, 7) is 4.83. The zero-order chi connectivity index (χ0) is 18.1. The first kappa shape index (κ1) is 19.5. The quantitative estimate of drug-likeness (QED) is 0.520. The third kappa shape index (κ3) is 5.89. The van der Waals surface area contributed by atoms with Crippen LogP contribution in [0.3, 0.4) is 0 Å². The molecule has 0 aliphatic carbocycles. The van der Waals surface area contributed by atoms with Gasteiger partial charge in [0.1, 0.15) is 5.75 Å². The predicted octanol–water partition coefficient (Wildman–Crippen LogP) is 5.57. The molecule has 0 aromatic heterocycles. The molecule has 0 atom stereocenters. The van der Waals surface area contributed by atoms with Gasteiger partial charge in [-0.1, -0.05) is 56.7 Å². The summed E-state index contributed by atoms with van der Waals surface area (Å²) in [4.78, 5) is 0.613. The second kappa shape index (κ2) is 9.62. The van der Waals surface area contributed by atoms with Crippen molar-refractivity contribution in [2.75, 3.05) is 6.61 Å². The fourth-order valence-electron chi connectivity index (χ4n) is 2.64. The Morgan fingerprint density at radius 1 is 0.760 bits per heavy atom. The first-order valence-electron chi connectivity index (χ1n) is 9.08. The predicted molar refractivity (Wildman–Crippen MR) is 102 cm³/mol. The molecule has 2 rings (SSSR count). The van der Waals surface area contributed by atoms with Gasteiger partial charge in [-0.2, -0.15) is 0 Å². The van der Waals surface area contributed by atoms with Crippen LogP contribution in [0, 0.1) is 6.92 Å². The van der Waals surface area contributed by atoms with Gasteiger partial charge in [0.25, 0.3) is 0 Å². The third-order valence-electron chi connectivity index (χ3n) is 4.23. The van der Waals surface area contributed by atoms with E-state index in [4.69, 9.17) is 4.74 Å². The highest BCUT2D eigenvalue weighted by Gasteiger charge is 2.17. The lowest BCUT2D eigenvalue weighted by Crippen LogP contribution is -2.02. The molecule has 0 saturated heterocycles. The van der Waals surface area contributed by atoms with Crippen LogP contribution in [0.4, 0.5) is 0 Å². The van der Waals surface area contributed by atoms with Crippen LogP contribution >= 0.6 is 0 Å². The number of sulfone groups is 1. The average Bonchev–Trinajstić information content (AvgIpc) is 2.62. The van der Waals surface area contributed by atoms with Crippen molar-refractivity contribution in [1.82, 2.24) is 0 Å². The van der Waals surface area contributed by atoms with E-state index in [2.05, 4.69) is 6.92 Å². The van der Waals surface area contributed by atoms with Gasteiger partial charge in [-0.25, -0.2) is 8.42 Å². The first-order valence-corrected chi connectivity index (χ1v) is 10.6. The fraction of sp³-hybridized carbons (Fsp3) is 0.429. The van der Waals surface area contributed by atoms with E-state index in [-0.39, 0.29) is 0 Å². The summed E-state index contributed by atoms with van der Waals surface area (Å²) in [5, 5.41) is 0. The fourth-order valence-corrected chi connectivity index (χ4v) is 3.90. The molecule has 0 saturated carbocycles. The summed E-state index contributed by atoms with van der Waals surface area (Å²) in [5.41, 5.74) is 1.04. The molecular weight excluding hydrogens is 332 g/mol. The molecule has 0 spiro atoms. The van der Waals surface area contributed by atoms with E-state index < -0.39 is 9.84 Å². The number of hydrogen-bond acceptors (Lipinski definition) is 3. The van der Waals surface area contributed by atoms with Gasteiger partial charge in [0.2, 0.25) is 9.84 Å². The largest absolute Gasteiger partial charge is 0.494 e. The Morgan fingerprint density at radius 2 is 1.28 bits per heavy atom. The molecule has 136 valence electrons. The molecule has 0 amide bonds. The molecule has 2 aromatic rings. The molecule has 0 aliphatic rings. The molecule has 0 aliphatic heterocycles. The molecule has 4 heteroatoms. The minimum absolute atomic E-state index is 0.295. The SMILES string of the molecule is CCCCCCCCOc1ccc(S(=O)(=O)c2ccc(C)cc2)cc1. The van der Waals surface area contributed by atoms with Gasteiger partial charge in [0, 0.05) is 0 Å².